The van der Waals surface area contributed by atoms with Gasteiger partial charge in [0.2, 0.25) is 0 Å². The summed E-state index contributed by atoms with van der Waals surface area (Å²) >= 11 is 0. The van der Waals surface area contributed by atoms with Gasteiger partial charge in [-0.15, -0.1) is 0 Å². The van der Waals surface area contributed by atoms with Crippen LogP contribution >= 0.6 is 0 Å². The van der Waals surface area contributed by atoms with Crippen molar-refractivity contribution < 1.29 is 14.5 Å². The number of aryl methyl sites for hydroxylation is 1. The Morgan fingerprint density at radius 1 is 0.933 bits per heavy atom. The number of nitrogens with one attached hydrogen (secondary N) is 2. The van der Waals surface area contributed by atoms with Gasteiger partial charge in [0.25, 0.3) is 17.5 Å². The second-order valence-electron chi connectivity index (χ2n) is 6.55. The van der Waals surface area contributed by atoms with Crippen molar-refractivity contribution in [2.75, 3.05) is 5.32 Å². The van der Waals surface area contributed by atoms with Crippen molar-refractivity contribution in [3.05, 3.63) is 111 Å². The number of rotatable bonds is 6. The van der Waals surface area contributed by atoms with Gasteiger partial charge in [-0.05, 0) is 42.8 Å². The van der Waals surface area contributed by atoms with Crippen LogP contribution in [0.4, 0.5) is 11.4 Å². The van der Waals surface area contributed by atoms with Crippen molar-refractivity contribution in [3.63, 3.8) is 0 Å². The third-order valence-corrected chi connectivity index (χ3v) is 4.23. The standard InChI is InChI=1S/C23H19N3O4/c1-16-10-12-19(13-11-16)24-23(28)21(25-22(27)18-7-3-2-4-8-18)15-17-6-5-9-20(14-17)26(29)30/h2-15H,1H3,(H,24,28)(H,25,27)/b21-15-. The number of hydrogen-bond donors (Lipinski definition) is 2. The number of amides is 2. The van der Waals surface area contributed by atoms with Gasteiger partial charge in [0.05, 0.1) is 4.92 Å². The lowest BCUT2D eigenvalue weighted by atomic mass is 10.1. The van der Waals surface area contributed by atoms with Crippen LogP contribution in [0.5, 0.6) is 0 Å². The Morgan fingerprint density at radius 2 is 1.63 bits per heavy atom. The van der Waals surface area contributed by atoms with Gasteiger partial charge >= 0.3 is 0 Å². The summed E-state index contributed by atoms with van der Waals surface area (Å²) in [6, 6.07) is 21.4. The maximum absolute atomic E-state index is 12.9. The van der Waals surface area contributed by atoms with Crippen molar-refractivity contribution >= 4 is 29.3 Å². The van der Waals surface area contributed by atoms with Crippen LogP contribution in [0.1, 0.15) is 21.5 Å². The topological polar surface area (TPSA) is 101 Å². The van der Waals surface area contributed by atoms with E-state index in [-0.39, 0.29) is 11.4 Å². The number of nitro groups is 1. The van der Waals surface area contributed by atoms with E-state index in [9.17, 15) is 19.7 Å². The highest BCUT2D eigenvalue weighted by atomic mass is 16.6. The SMILES string of the molecule is Cc1ccc(NC(=O)/C(=C/c2cccc([N+](=O)[O-])c2)NC(=O)c2ccccc2)cc1. The molecule has 7 nitrogen and oxygen atoms in total. The molecule has 0 aromatic heterocycles. The molecule has 0 saturated carbocycles. The van der Waals surface area contributed by atoms with Crippen LogP contribution < -0.4 is 10.6 Å². The summed E-state index contributed by atoms with van der Waals surface area (Å²) in [6.45, 7) is 1.93. The van der Waals surface area contributed by atoms with Gasteiger partial charge in [-0.2, -0.15) is 0 Å². The molecule has 0 unspecified atom stereocenters. The number of carbonyl (C=O) groups is 2. The van der Waals surface area contributed by atoms with Crippen LogP contribution in [0.15, 0.2) is 84.6 Å². The first kappa shape index (κ1) is 20.5. The lowest BCUT2D eigenvalue weighted by Gasteiger charge is -2.11. The first-order valence-corrected chi connectivity index (χ1v) is 9.13. The van der Waals surface area contributed by atoms with E-state index >= 15 is 0 Å². The van der Waals surface area contributed by atoms with Crippen LogP contribution in [0, 0.1) is 17.0 Å². The van der Waals surface area contributed by atoms with Crippen molar-refractivity contribution in [1.29, 1.82) is 0 Å². The Hall–Kier alpha value is -4.26. The molecule has 0 heterocycles. The Morgan fingerprint density at radius 3 is 2.30 bits per heavy atom. The van der Waals surface area contributed by atoms with Crippen molar-refractivity contribution in [2.24, 2.45) is 0 Å². The molecule has 2 N–H and O–H groups in total. The Labute approximate surface area is 173 Å². The van der Waals surface area contributed by atoms with E-state index in [1.807, 2.05) is 19.1 Å². The summed E-state index contributed by atoms with van der Waals surface area (Å²) < 4.78 is 0. The number of non-ortho nitro benzene ring substituents is 1. The van der Waals surface area contributed by atoms with Crippen LogP contribution in [-0.4, -0.2) is 16.7 Å². The molecule has 0 spiro atoms. The molecule has 3 aromatic rings. The molecule has 0 saturated heterocycles. The minimum Gasteiger partial charge on any atom is -0.321 e. The quantitative estimate of drug-likeness (QED) is 0.365. The molecular weight excluding hydrogens is 382 g/mol. The number of carbonyl (C=O) groups excluding carboxylic acids is 2. The largest absolute Gasteiger partial charge is 0.321 e. The van der Waals surface area contributed by atoms with E-state index in [0.29, 0.717) is 16.8 Å². The van der Waals surface area contributed by atoms with Crippen LogP contribution in [0.2, 0.25) is 0 Å². The number of hydrogen-bond acceptors (Lipinski definition) is 4. The fourth-order valence-electron chi connectivity index (χ4n) is 2.67. The summed E-state index contributed by atoms with van der Waals surface area (Å²) in [5.74, 6) is -1.01. The van der Waals surface area contributed by atoms with Crippen molar-refractivity contribution in [3.8, 4) is 0 Å². The summed E-state index contributed by atoms with van der Waals surface area (Å²) in [6.07, 6.45) is 1.40. The van der Waals surface area contributed by atoms with Gasteiger partial charge in [0, 0.05) is 23.4 Å². The molecule has 0 aliphatic carbocycles. The fraction of sp³-hybridized carbons (Fsp3) is 0.0435. The predicted molar refractivity (Wildman–Crippen MR) is 115 cm³/mol. The van der Waals surface area contributed by atoms with Gasteiger partial charge in [-0.25, -0.2) is 0 Å². The molecule has 3 rings (SSSR count). The number of anilines is 1. The smallest absolute Gasteiger partial charge is 0.272 e. The third-order valence-electron chi connectivity index (χ3n) is 4.23. The molecule has 0 bridgehead atoms. The molecule has 7 heteroatoms. The van der Waals surface area contributed by atoms with E-state index in [0.717, 1.165) is 5.56 Å². The number of nitrogens with zero attached hydrogens (tertiary/aromatic N) is 1. The molecule has 150 valence electrons. The molecule has 0 fully saturated rings. The first-order valence-electron chi connectivity index (χ1n) is 9.13. The molecule has 0 aliphatic rings. The van der Waals surface area contributed by atoms with Crippen molar-refractivity contribution in [2.45, 2.75) is 6.92 Å². The van der Waals surface area contributed by atoms with Crippen LogP contribution in [0.3, 0.4) is 0 Å². The van der Waals surface area contributed by atoms with E-state index in [1.54, 1.807) is 48.5 Å². The average Bonchev–Trinajstić information content (AvgIpc) is 2.75. The molecule has 0 atom stereocenters. The molecular formula is C23H19N3O4. The van der Waals surface area contributed by atoms with Crippen LogP contribution in [0.25, 0.3) is 6.08 Å². The Bertz CT molecular complexity index is 1110. The fourth-order valence-corrected chi connectivity index (χ4v) is 2.67. The predicted octanol–water partition coefficient (Wildman–Crippen LogP) is 4.31. The van der Waals surface area contributed by atoms with E-state index in [4.69, 9.17) is 0 Å². The zero-order valence-electron chi connectivity index (χ0n) is 16.2. The summed E-state index contributed by atoms with van der Waals surface area (Å²) in [5.41, 5.74) is 2.24. The summed E-state index contributed by atoms with van der Waals surface area (Å²) in [4.78, 5) is 36.0. The van der Waals surface area contributed by atoms with E-state index in [2.05, 4.69) is 10.6 Å². The molecule has 2 amide bonds. The minimum absolute atomic E-state index is 0.0371. The zero-order chi connectivity index (χ0) is 21.5. The van der Waals surface area contributed by atoms with Crippen LogP contribution in [-0.2, 0) is 4.79 Å². The highest BCUT2D eigenvalue weighted by Crippen LogP contribution is 2.17. The maximum atomic E-state index is 12.9. The second kappa shape index (κ2) is 9.29. The van der Waals surface area contributed by atoms with E-state index < -0.39 is 16.7 Å². The molecule has 0 aliphatic heterocycles. The van der Waals surface area contributed by atoms with E-state index in [1.165, 1.54) is 24.3 Å². The Kier molecular flexibility index (Phi) is 6.34. The third kappa shape index (κ3) is 5.39. The first-order chi connectivity index (χ1) is 14.4. The lowest BCUT2D eigenvalue weighted by molar-refractivity contribution is -0.384. The van der Waals surface area contributed by atoms with Gasteiger partial charge in [0.1, 0.15) is 5.70 Å². The minimum atomic E-state index is -0.547. The molecule has 0 radical (unpaired) electrons. The molecule has 30 heavy (non-hydrogen) atoms. The number of nitro benzene ring substituents is 1. The highest BCUT2D eigenvalue weighted by Gasteiger charge is 2.16. The second-order valence-corrected chi connectivity index (χ2v) is 6.55. The Balaban J connectivity index is 1.92. The van der Waals surface area contributed by atoms with Gasteiger partial charge in [-0.3, -0.25) is 19.7 Å². The van der Waals surface area contributed by atoms with Gasteiger partial charge in [-0.1, -0.05) is 48.0 Å². The van der Waals surface area contributed by atoms with Crippen molar-refractivity contribution in [1.82, 2.24) is 5.32 Å². The monoisotopic (exact) mass is 401 g/mol. The van der Waals surface area contributed by atoms with Gasteiger partial charge in [0.15, 0.2) is 0 Å². The maximum Gasteiger partial charge on any atom is 0.272 e. The molecule has 3 aromatic carbocycles. The lowest BCUT2D eigenvalue weighted by Crippen LogP contribution is -2.30. The zero-order valence-corrected chi connectivity index (χ0v) is 16.2. The average molecular weight is 401 g/mol. The highest BCUT2D eigenvalue weighted by molar-refractivity contribution is 6.10. The van der Waals surface area contributed by atoms with Gasteiger partial charge < -0.3 is 10.6 Å². The normalized spacial score (nSPS) is 10.9. The summed E-state index contributed by atoms with van der Waals surface area (Å²) in [7, 11) is 0. The number of benzene rings is 3. The summed E-state index contributed by atoms with van der Waals surface area (Å²) in [5, 5.41) is 16.4.